The molecule has 2 aromatic rings. The van der Waals surface area contributed by atoms with E-state index in [1.807, 2.05) is 30.3 Å². The van der Waals surface area contributed by atoms with Crippen molar-refractivity contribution in [2.75, 3.05) is 13.1 Å². The van der Waals surface area contributed by atoms with Gasteiger partial charge in [0.05, 0.1) is 12.4 Å². The van der Waals surface area contributed by atoms with Crippen LogP contribution in [0.25, 0.3) is 0 Å². The van der Waals surface area contributed by atoms with Crippen LogP contribution in [0.15, 0.2) is 42.9 Å². The first-order chi connectivity index (χ1) is 19.2. The molecule has 3 amide bonds. The Hall–Kier alpha value is -3.81. The molecular formula is C27H42N8O5. The molecule has 0 radical (unpaired) electrons. The number of hydrogen-bond donors (Lipinski definition) is 8. The Labute approximate surface area is 234 Å². The van der Waals surface area contributed by atoms with Crippen molar-refractivity contribution in [2.45, 2.75) is 75.5 Å². The molecule has 11 N–H and O–H groups in total. The lowest BCUT2D eigenvalue weighted by molar-refractivity contribution is -0.142. The first-order valence-electron chi connectivity index (χ1n) is 13.6. The van der Waals surface area contributed by atoms with E-state index >= 15 is 0 Å². The van der Waals surface area contributed by atoms with E-state index in [-0.39, 0.29) is 25.7 Å². The minimum absolute atomic E-state index is 0.0730. The number of nitrogens with zero attached hydrogens (tertiary/aromatic N) is 1. The number of nitrogens with one attached hydrogen (secondary N) is 4. The normalized spacial score (nSPS) is 14.0. The average molecular weight is 559 g/mol. The second kappa shape index (κ2) is 17.7. The number of aromatic nitrogens is 2. The number of carbonyl (C=O) groups is 4. The van der Waals surface area contributed by atoms with Crippen LogP contribution in [0.1, 0.15) is 49.8 Å². The number of carboxylic acids is 1. The van der Waals surface area contributed by atoms with Gasteiger partial charge < -0.3 is 43.2 Å². The molecule has 4 unspecified atom stereocenters. The summed E-state index contributed by atoms with van der Waals surface area (Å²) in [6.07, 6.45) is 6.06. The Morgan fingerprint density at radius 2 is 1.38 bits per heavy atom. The van der Waals surface area contributed by atoms with E-state index in [1.54, 1.807) is 0 Å². The van der Waals surface area contributed by atoms with Gasteiger partial charge in [0.25, 0.3) is 0 Å². The molecule has 4 atom stereocenters. The molecule has 40 heavy (non-hydrogen) atoms. The zero-order valence-electron chi connectivity index (χ0n) is 22.7. The Morgan fingerprint density at radius 3 is 1.95 bits per heavy atom. The Morgan fingerprint density at radius 1 is 0.800 bits per heavy atom. The zero-order valence-corrected chi connectivity index (χ0v) is 22.7. The lowest BCUT2D eigenvalue weighted by Gasteiger charge is -2.25. The van der Waals surface area contributed by atoms with Gasteiger partial charge in [0.15, 0.2) is 0 Å². The second-order valence-corrected chi connectivity index (χ2v) is 9.67. The Balaban J connectivity index is 2.15. The van der Waals surface area contributed by atoms with E-state index in [1.165, 1.54) is 12.5 Å². The van der Waals surface area contributed by atoms with Crippen molar-refractivity contribution < 1.29 is 24.3 Å². The third kappa shape index (κ3) is 11.5. The molecule has 0 spiro atoms. The number of imidazole rings is 1. The number of unbranched alkanes of at least 4 members (excludes halogenated alkanes) is 2. The molecule has 0 bridgehead atoms. The average Bonchev–Trinajstić information content (AvgIpc) is 3.45. The van der Waals surface area contributed by atoms with Gasteiger partial charge in [-0.2, -0.15) is 0 Å². The summed E-state index contributed by atoms with van der Waals surface area (Å²) in [5.74, 6) is -2.94. The van der Waals surface area contributed by atoms with Crippen LogP contribution < -0.4 is 33.2 Å². The largest absolute Gasteiger partial charge is 0.480 e. The fourth-order valence-corrected chi connectivity index (χ4v) is 4.12. The SMILES string of the molecule is NCCCCC(NC(=O)C(CCCCN)NC(=O)C(Cc1cnc[nH]1)NC(=O)C(N)Cc1ccccc1)C(=O)O. The topological polar surface area (TPSA) is 231 Å². The summed E-state index contributed by atoms with van der Waals surface area (Å²) in [5, 5.41) is 17.5. The van der Waals surface area contributed by atoms with Crippen molar-refractivity contribution in [3.8, 4) is 0 Å². The summed E-state index contributed by atoms with van der Waals surface area (Å²) in [6.45, 7) is 0.813. The molecule has 13 nitrogen and oxygen atoms in total. The summed E-state index contributed by atoms with van der Waals surface area (Å²) in [4.78, 5) is 58.1. The number of nitrogens with two attached hydrogens (primary N) is 3. The lowest BCUT2D eigenvalue weighted by atomic mass is 10.0. The van der Waals surface area contributed by atoms with Crippen LogP contribution in [0.4, 0.5) is 0 Å². The number of rotatable bonds is 19. The van der Waals surface area contributed by atoms with E-state index in [0.717, 1.165) is 5.56 Å². The number of aliphatic carboxylic acids is 1. The summed E-state index contributed by atoms with van der Waals surface area (Å²) >= 11 is 0. The first kappa shape index (κ1) is 32.4. The fourth-order valence-electron chi connectivity index (χ4n) is 4.12. The third-order valence-electron chi connectivity index (χ3n) is 6.39. The highest BCUT2D eigenvalue weighted by molar-refractivity contribution is 5.94. The predicted molar refractivity (Wildman–Crippen MR) is 150 cm³/mol. The van der Waals surface area contributed by atoms with E-state index in [9.17, 15) is 24.3 Å². The zero-order chi connectivity index (χ0) is 29.3. The molecule has 0 aliphatic carbocycles. The van der Waals surface area contributed by atoms with Crippen molar-refractivity contribution in [1.82, 2.24) is 25.9 Å². The van der Waals surface area contributed by atoms with Gasteiger partial charge >= 0.3 is 5.97 Å². The van der Waals surface area contributed by atoms with E-state index in [2.05, 4.69) is 25.9 Å². The molecule has 0 aliphatic heterocycles. The first-order valence-corrected chi connectivity index (χ1v) is 13.6. The summed E-state index contributed by atoms with van der Waals surface area (Å²) < 4.78 is 0. The number of H-pyrrole nitrogens is 1. The number of hydrogen-bond acceptors (Lipinski definition) is 8. The maximum absolute atomic E-state index is 13.4. The van der Waals surface area contributed by atoms with Crippen molar-refractivity contribution >= 4 is 23.7 Å². The van der Waals surface area contributed by atoms with Gasteiger partial charge in [-0.25, -0.2) is 9.78 Å². The van der Waals surface area contributed by atoms with Crippen LogP contribution >= 0.6 is 0 Å². The smallest absolute Gasteiger partial charge is 0.326 e. The van der Waals surface area contributed by atoms with Crippen LogP contribution in [0, 0.1) is 0 Å². The van der Waals surface area contributed by atoms with Gasteiger partial charge in [0.2, 0.25) is 17.7 Å². The quantitative estimate of drug-likeness (QED) is 0.102. The van der Waals surface area contributed by atoms with Crippen molar-refractivity contribution in [3.63, 3.8) is 0 Å². The van der Waals surface area contributed by atoms with Crippen LogP contribution in [0.2, 0.25) is 0 Å². The summed E-state index contributed by atoms with van der Waals surface area (Å²) in [6, 6.07) is 5.12. The molecule has 0 fully saturated rings. The highest BCUT2D eigenvalue weighted by atomic mass is 16.4. The lowest BCUT2D eigenvalue weighted by Crippen LogP contribution is -2.57. The van der Waals surface area contributed by atoms with Gasteiger partial charge in [-0.05, 0) is 63.6 Å². The number of benzene rings is 1. The van der Waals surface area contributed by atoms with E-state index in [4.69, 9.17) is 17.2 Å². The van der Waals surface area contributed by atoms with Crippen LogP contribution in [-0.2, 0) is 32.0 Å². The molecule has 220 valence electrons. The molecular weight excluding hydrogens is 516 g/mol. The van der Waals surface area contributed by atoms with Gasteiger partial charge in [-0.3, -0.25) is 14.4 Å². The number of carbonyl (C=O) groups excluding carboxylic acids is 3. The predicted octanol–water partition coefficient (Wildman–Crippen LogP) is -0.681. The molecule has 1 aromatic carbocycles. The van der Waals surface area contributed by atoms with Gasteiger partial charge in [-0.15, -0.1) is 0 Å². The van der Waals surface area contributed by atoms with Crippen molar-refractivity contribution in [2.24, 2.45) is 17.2 Å². The van der Waals surface area contributed by atoms with Crippen LogP contribution in [0.5, 0.6) is 0 Å². The summed E-state index contributed by atoms with van der Waals surface area (Å²) in [5.41, 5.74) is 18.7. The molecule has 2 rings (SSSR count). The maximum Gasteiger partial charge on any atom is 0.326 e. The van der Waals surface area contributed by atoms with Crippen molar-refractivity contribution in [1.29, 1.82) is 0 Å². The van der Waals surface area contributed by atoms with Gasteiger partial charge in [0.1, 0.15) is 18.1 Å². The second-order valence-electron chi connectivity index (χ2n) is 9.67. The molecule has 1 heterocycles. The minimum atomic E-state index is -1.17. The molecule has 0 saturated carbocycles. The van der Waals surface area contributed by atoms with E-state index in [0.29, 0.717) is 44.5 Å². The maximum atomic E-state index is 13.4. The van der Waals surface area contributed by atoms with Gasteiger partial charge in [0, 0.05) is 18.3 Å². The molecule has 13 heteroatoms. The molecule has 0 aliphatic rings. The Bertz CT molecular complexity index is 1050. The number of carboxylic acid groups (broad SMARTS) is 1. The molecule has 1 aromatic heterocycles. The minimum Gasteiger partial charge on any atom is -0.480 e. The van der Waals surface area contributed by atoms with Crippen LogP contribution in [0.3, 0.4) is 0 Å². The summed E-state index contributed by atoms with van der Waals surface area (Å²) in [7, 11) is 0. The fraction of sp³-hybridized carbons (Fsp3) is 0.519. The highest BCUT2D eigenvalue weighted by Crippen LogP contribution is 2.08. The third-order valence-corrected chi connectivity index (χ3v) is 6.39. The molecule has 0 saturated heterocycles. The van der Waals surface area contributed by atoms with Crippen LogP contribution in [-0.4, -0.2) is 76.0 Å². The Kier molecular flexibility index (Phi) is 14.3. The number of amides is 3. The highest BCUT2D eigenvalue weighted by Gasteiger charge is 2.30. The van der Waals surface area contributed by atoms with Gasteiger partial charge in [-0.1, -0.05) is 30.3 Å². The van der Waals surface area contributed by atoms with Crippen molar-refractivity contribution in [3.05, 3.63) is 54.1 Å². The monoisotopic (exact) mass is 558 g/mol. The van der Waals surface area contributed by atoms with E-state index < -0.39 is 47.9 Å². The standard InChI is InChI=1S/C27H42N8O5/c28-12-6-4-10-21(25(37)34-22(27(39)40)11-5-7-13-29)33-26(38)23(15-19-16-31-17-32-19)35-24(36)20(30)14-18-8-2-1-3-9-18/h1-3,8-9,16-17,20-23H,4-7,10-15,28-30H2,(H,31,32)(H,33,38)(H,34,37)(H,35,36)(H,39,40). The number of aromatic amines is 1.